The zero-order valence-electron chi connectivity index (χ0n) is 19.4. The minimum Gasteiger partial charge on any atom is -0.354 e. The van der Waals surface area contributed by atoms with E-state index >= 15 is 0 Å². The van der Waals surface area contributed by atoms with Crippen molar-refractivity contribution in [2.45, 2.75) is 49.5 Å². The Morgan fingerprint density at radius 1 is 1.15 bits per heavy atom. The standard InChI is InChI=1S/C25H29ClN4O3S/c1-25(11-12-25)30-23(32)19-8-4-7-17(21(19)26)6-3-5-16-9-10-18(15-20(16)34(2)33)22(31)29-24-27-13-14-28-24/h4,7-10,15H,3,5-6,11-14H2,1-2H3,(H,30,32)(H2,27,28,29,31). The van der Waals surface area contributed by atoms with Crippen molar-refractivity contribution in [3.63, 3.8) is 0 Å². The number of carbonyl (C=O) groups excluding carboxylic acids is 2. The molecule has 1 aliphatic carbocycles. The highest BCUT2D eigenvalue weighted by Gasteiger charge is 2.39. The average Bonchev–Trinajstić information content (AvgIpc) is 3.29. The third-order valence-corrected chi connectivity index (χ3v) is 7.62. The first-order chi connectivity index (χ1) is 16.3. The number of benzene rings is 2. The Balaban J connectivity index is 1.41. The summed E-state index contributed by atoms with van der Waals surface area (Å²) < 4.78 is 12.4. The van der Waals surface area contributed by atoms with Gasteiger partial charge in [-0.05, 0) is 68.4 Å². The predicted molar refractivity (Wildman–Crippen MR) is 135 cm³/mol. The Hall–Kier alpha value is -2.71. The summed E-state index contributed by atoms with van der Waals surface area (Å²) in [5.41, 5.74) is 2.68. The number of halogens is 1. The third-order valence-electron chi connectivity index (χ3n) is 6.18. The summed E-state index contributed by atoms with van der Waals surface area (Å²) in [6, 6.07) is 10.8. The molecule has 3 N–H and O–H groups in total. The van der Waals surface area contributed by atoms with Crippen LogP contribution in [0.4, 0.5) is 0 Å². The molecule has 0 saturated heterocycles. The van der Waals surface area contributed by atoms with Crippen LogP contribution in [0.3, 0.4) is 0 Å². The van der Waals surface area contributed by atoms with E-state index in [1.54, 1.807) is 24.5 Å². The van der Waals surface area contributed by atoms with E-state index in [9.17, 15) is 13.8 Å². The number of carbonyl (C=O) groups is 2. The lowest BCUT2D eigenvalue weighted by Crippen LogP contribution is -2.38. The number of aryl methyl sites for hydroxylation is 2. The molecule has 2 amide bonds. The number of rotatable bonds is 8. The van der Waals surface area contributed by atoms with Crippen molar-refractivity contribution in [2.75, 3.05) is 19.3 Å². The molecule has 1 saturated carbocycles. The van der Waals surface area contributed by atoms with Crippen LogP contribution >= 0.6 is 11.6 Å². The van der Waals surface area contributed by atoms with Crippen LogP contribution in [0.25, 0.3) is 0 Å². The molecule has 0 aromatic heterocycles. The number of nitrogens with zero attached hydrogens (tertiary/aromatic N) is 1. The van der Waals surface area contributed by atoms with Gasteiger partial charge in [0.2, 0.25) is 0 Å². The number of guanidine groups is 1. The molecule has 1 heterocycles. The van der Waals surface area contributed by atoms with E-state index in [-0.39, 0.29) is 17.4 Å². The third kappa shape index (κ3) is 5.85. The van der Waals surface area contributed by atoms with Gasteiger partial charge in [0, 0.05) is 28.8 Å². The van der Waals surface area contributed by atoms with Crippen molar-refractivity contribution in [3.8, 4) is 0 Å². The first kappa shape index (κ1) is 24.4. The van der Waals surface area contributed by atoms with Gasteiger partial charge in [0.1, 0.15) is 0 Å². The number of amides is 2. The first-order valence-electron chi connectivity index (χ1n) is 11.4. The van der Waals surface area contributed by atoms with Crippen LogP contribution in [0.2, 0.25) is 5.02 Å². The zero-order chi connectivity index (χ0) is 24.3. The summed E-state index contributed by atoms with van der Waals surface area (Å²) in [6.07, 6.45) is 5.71. The Morgan fingerprint density at radius 2 is 1.91 bits per heavy atom. The lowest BCUT2D eigenvalue weighted by atomic mass is 10.0. The van der Waals surface area contributed by atoms with Gasteiger partial charge in [0.15, 0.2) is 5.96 Å². The molecule has 2 aromatic rings. The highest BCUT2D eigenvalue weighted by Crippen LogP contribution is 2.35. The highest BCUT2D eigenvalue weighted by atomic mass is 35.5. The quantitative estimate of drug-likeness (QED) is 0.518. The van der Waals surface area contributed by atoms with Crippen molar-refractivity contribution >= 4 is 40.2 Å². The minimum absolute atomic E-state index is 0.104. The Bertz CT molecular complexity index is 1180. The van der Waals surface area contributed by atoms with E-state index in [0.29, 0.717) is 52.9 Å². The fourth-order valence-corrected chi connectivity index (χ4v) is 5.04. The second kappa shape index (κ2) is 10.3. The van der Waals surface area contributed by atoms with E-state index in [4.69, 9.17) is 11.6 Å². The van der Waals surface area contributed by atoms with E-state index in [1.807, 2.05) is 25.1 Å². The summed E-state index contributed by atoms with van der Waals surface area (Å²) in [7, 11) is -1.24. The SMILES string of the molecule is CS(=O)c1cc(C(=O)NC2=NCCN2)ccc1CCCc1cccc(C(=O)NC2(C)CC2)c1Cl. The van der Waals surface area contributed by atoms with Gasteiger partial charge in [-0.1, -0.05) is 29.8 Å². The first-order valence-corrected chi connectivity index (χ1v) is 13.4. The van der Waals surface area contributed by atoms with Gasteiger partial charge < -0.3 is 10.6 Å². The molecule has 1 aliphatic heterocycles. The second-order valence-corrected chi connectivity index (χ2v) is 10.8. The predicted octanol–water partition coefficient (Wildman–Crippen LogP) is 3.22. The smallest absolute Gasteiger partial charge is 0.257 e. The van der Waals surface area contributed by atoms with Gasteiger partial charge in [-0.25, -0.2) is 0 Å². The van der Waals surface area contributed by atoms with E-state index in [0.717, 1.165) is 30.4 Å². The van der Waals surface area contributed by atoms with Crippen molar-refractivity contribution in [2.24, 2.45) is 4.99 Å². The molecule has 2 aromatic carbocycles. The maximum Gasteiger partial charge on any atom is 0.257 e. The highest BCUT2D eigenvalue weighted by molar-refractivity contribution is 7.84. The van der Waals surface area contributed by atoms with Gasteiger partial charge >= 0.3 is 0 Å². The van der Waals surface area contributed by atoms with Gasteiger partial charge in [0.05, 0.1) is 27.9 Å². The molecule has 0 bridgehead atoms. The molecule has 2 aliphatic rings. The Morgan fingerprint density at radius 3 is 2.59 bits per heavy atom. The summed E-state index contributed by atoms with van der Waals surface area (Å²) in [4.78, 5) is 29.9. The van der Waals surface area contributed by atoms with Crippen LogP contribution < -0.4 is 16.0 Å². The molecular weight excluding hydrogens is 472 g/mol. The van der Waals surface area contributed by atoms with Crippen LogP contribution in [-0.4, -0.2) is 46.9 Å². The topological polar surface area (TPSA) is 99.7 Å². The Labute approximate surface area is 207 Å². The normalized spacial score (nSPS) is 16.9. The van der Waals surface area contributed by atoms with E-state index < -0.39 is 10.8 Å². The number of hydrogen-bond acceptors (Lipinski definition) is 5. The lowest BCUT2D eigenvalue weighted by Gasteiger charge is -2.14. The van der Waals surface area contributed by atoms with Crippen LogP contribution in [0.15, 0.2) is 46.3 Å². The van der Waals surface area contributed by atoms with Crippen LogP contribution in [-0.2, 0) is 23.6 Å². The molecule has 9 heteroatoms. The van der Waals surface area contributed by atoms with Crippen LogP contribution in [0.5, 0.6) is 0 Å². The van der Waals surface area contributed by atoms with E-state index in [2.05, 4.69) is 20.9 Å². The number of aliphatic imine (C=N–C) groups is 1. The summed E-state index contributed by atoms with van der Waals surface area (Å²) in [5.74, 6) is 0.0451. The van der Waals surface area contributed by atoms with Crippen molar-refractivity contribution in [1.82, 2.24) is 16.0 Å². The van der Waals surface area contributed by atoms with Gasteiger partial charge in [-0.3, -0.25) is 24.1 Å². The fraction of sp³-hybridized carbons (Fsp3) is 0.400. The number of nitrogens with one attached hydrogen (secondary N) is 3. The minimum atomic E-state index is -1.24. The lowest BCUT2D eigenvalue weighted by molar-refractivity contribution is 0.0933. The zero-order valence-corrected chi connectivity index (χ0v) is 20.9. The average molecular weight is 501 g/mol. The van der Waals surface area contributed by atoms with Crippen molar-refractivity contribution in [1.29, 1.82) is 0 Å². The monoisotopic (exact) mass is 500 g/mol. The van der Waals surface area contributed by atoms with Crippen molar-refractivity contribution in [3.05, 3.63) is 63.7 Å². The fourth-order valence-electron chi connectivity index (χ4n) is 3.90. The summed E-state index contributed by atoms with van der Waals surface area (Å²) in [6.45, 7) is 3.37. The molecule has 1 unspecified atom stereocenters. The molecule has 4 rings (SSSR count). The number of hydrogen-bond donors (Lipinski definition) is 3. The summed E-state index contributed by atoms with van der Waals surface area (Å²) >= 11 is 6.57. The Kier molecular flexibility index (Phi) is 7.38. The molecule has 34 heavy (non-hydrogen) atoms. The maximum atomic E-state index is 12.6. The molecule has 1 fully saturated rings. The van der Waals surface area contributed by atoms with Crippen molar-refractivity contribution < 1.29 is 13.8 Å². The largest absolute Gasteiger partial charge is 0.354 e. The van der Waals surface area contributed by atoms with Crippen LogP contribution in [0, 0.1) is 0 Å². The van der Waals surface area contributed by atoms with Crippen LogP contribution in [0.1, 0.15) is 58.0 Å². The molecule has 0 radical (unpaired) electrons. The molecule has 7 nitrogen and oxygen atoms in total. The maximum absolute atomic E-state index is 12.6. The van der Waals surface area contributed by atoms with E-state index in [1.165, 1.54) is 0 Å². The molecule has 1 atom stereocenters. The van der Waals surface area contributed by atoms with Gasteiger partial charge in [-0.2, -0.15) is 0 Å². The summed E-state index contributed by atoms with van der Waals surface area (Å²) in [5, 5.41) is 9.28. The van der Waals surface area contributed by atoms with Gasteiger partial charge in [0.25, 0.3) is 11.8 Å². The molecule has 0 spiro atoms. The van der Waals surface area contributed by atoms with Gasteiger partial charge in [-0.15, -0.1) is 0 Å². The second-order valence-electron chi connectivity index (χ2n) is 9.03. The molecular formula is C25H29ClN4O3S. The molecule has 180 valence electrons.